The zero-order chi connectivity index (χ0) is 12.1. The van der Waals surface area contributed by atoms with Crippen LogP contribution in [0.25, 0.3) is 0 Å². The Kier molecular flexibility index (Phi) is 3.81. The molecule has 0 saturated heterocycles. The van der Waals surface area contributed by atoms with Crippen LogP contribution in [0.1, 0.15) is 32.1 Å². The number of aromatic hydroxyl groups is 1. The van der Waals surface area contributed by atoms with Crippen LogP contribution in [0.2, 0.25) is 0 Å². The van der Waals surface area contributed by atoms with Crippen LogP contribution in [0.3, 0.4) is 0 Å². The second-order valence-corrected chi connectivity index (χ2v) is 4.31. The quantitative estimate of drug-likeness (QED) is 0.467. The molecule has 0 radical (unpaired) electrons. The molecule has 0 aromatic heterocycles. The number of Topliss-reactive ketones (excluding diaryl/α,β-unsaturated/α-hetero) is 1. The maximum atomic E-state index is 11.7. The molecule has 90 valence electrons. The number of phenols is 1. The number of phenolic OH excluding ortho intramolecular Hbond substituents is 1. The Bertz CT molecular complexity index is 438. The van der Waals surface area contributed by atoms with Gasteiger partial charge in [0.25, 0.3) is 0 Å². The van der Waals surface area contributed by atoms with Gasteiger partial charge in [0.2, 0.25) is 0 Å². The zero-order valence-corrected chi connectivity index (χ0v) is 9.78. The van der Waals surface area contributed by atoms with Crippen molar-refractivity contribution < 1.29 is 9.90 Å². The number of para-hydroxylation sites is 2. The minimum absolute atomic E-state index is 0.199. The summed E-state index contributed by atoms with van der Waals surface area (Å²) in [6.45, 7) is 0. The third-order valence-electron chi connectivity index (χ3n) is 3.01. The largest absolute Gasteiger partial charge is 0.506 e. The lowest BCUT2D eigenvalue weighted by molar-refractivity contribution is -0.115. The molecule has 0 atom stereocenters. The Morgan fingerprint density at radius 2 is 1.88 bits per heavy atom. The first-order valence-corrected chi connectivity index (χ1v) is 6.04. The molecule has 3 heteroatoms. The molecular weight excluding hydrogens is 214 g/mol. The summed E-state index contributed by atoms with van der Waals surface area (Å²) in [5.74, 6) is 0.427. The van der Waals surface area contributed by atoms with E-state index in [1.165, 1.54) is 0 Å². The fraction of sp³-hybridized carbons (Fsp3) is 0.357. The normalized spacial score (nSPS) is 19.1. The predicted octanol–water partition coefficient (Wildman–Crippen LogP) is 3.22. The average molecular weight is 231 g/mol. The van der Waals surface area contributed by atoms with Crippen molar-refractivity contribution in [2.45, 2.75) is 32.1 Å². The van der Waals surface area contributed by atoms with Gasteiger partial charge in [0, 0.05) is 18.2 Å². The summed E-state index contributed by atoms with van der Waals surface area (Å²) in [6.07, 6.45) is 6.41. The van der Waals surface area contributed by atoms with E-state index in [-0.39, 0.29) is 11.5 Å². The SMILES string of the molecule is O=C1CCCCCC1=CNc1ccccc1O. The summed E-state index contributed by atoms with van der Waals surface area (Å²) in [5, 5.41) is 12.6. The smallest absolute Gasteiger partial charge is 0.160 e. The van der Waals surface area contributed by atoms with Crippen LogP contribution in [0.15, 0.2) is 36.0 Å². The Morgan fingerprint density at radius 3 is 2.71 bits per heavy atom. The van der Waals surface area contributed by atoms with Gasteiger partial charge >= 0.3 is 0 Å². The van der Waals surface area contributed by atoms with Gasteiger partial charge in [-0.25, -0.2) is 0 Å². The molecule has 0 bridgehead atoms. The van der Waals surface area contributed by atoms with Crippen LogP contribution in [0.5, 0.6) is 5.75 Å². The second kappa shape index (κ2) is 5.53. The van der Waals surface area contributed by atoms with Gasteiger partial charge in [-0.15, -0.1) is 0 Å². The van der Waals surface area contributed by atoms with Crippen LogP contribution in [-0.2, 0) is 4.79 Å². The molecule has 1 fully saturated rings. The van der Waals surface area contributed by atoms with Gasteiger partial charge in [0.15, 0.2) is 5.78 Å². The number of hydrogen-bond acceptors (Lipinski definition) is 3. The van der Waals surface area contributed by atoms with Crippen molar-refractivity contribution in [2.75, 3.05) is 5.32 Å². The second-order valence-electron chi connectivity index (χ2n) is 4.31. The fourth-order valence-electron chi connectivity index (χ4n) is 1.99. The molecular formula is C14H17NO2. The van der Waals surface area contributed by atoms with Crippen molar-refractivity contribution in [3.05, 3.63) is 36.0 Å². The first-order chi connectivity index (χ1) is 8.27. The van der Waals surface area contributed by atoms with Crippen LogP contribution in [0, 0.1) is 0 Å². The third-order valence-corrected chi connectivity index (χ3v) is 3.01. The molecule has 0 heterocycles. The van der Waals surface area contributed by atoms with E-state index in [4.69, 9.17) is 0 Å². The Balaban J connectivity index is 2.09. The molecule has 1 aliphatic rings. The van der Waals surface area contributed by atoms with Crippen molar-refractivity contribution in [3.8, 4) is 5.75 Å². The van der Waals surface area contributed by atoms with E-state index in [9.17, 15) is 9.90 Å². The third kappa shape index (κ3) is 3.09. The van der Waals surface area contributed by atoms with Gasteiger partial charge in [0.05, 0.1) is 5.69 Å². The van der Waals surface area contributed by atoms with Gasteiger partial charge in [0.1, 0.15) is 5.75 Å². The van der Waals surface area contributed by atoms with Crippen molar-refractivity contribution in [2.24, 2.45) is 0 Å². The van der Waals surface area contributed by atoms with E-state index in [1.54, 1.807) is 24.4 Å². The number of anilines is 1. The van der Waals surface area contributed by atoms with E-state index in [1.807, 2.05) is 6.07 Å². The highest BCUT2D eigenvalue weighted by Crippen LogP contribution is 2.23. The average Bonchev–Trinajstić information content (AvgIpc) is 2.53. The highest BCUT2D eigenvalue weighted by atomic mass is 16.3. The lowest BCUT2D eigenvalue weighted by atomic mass is 10.1. The maximum Gasteiger partial charge on any atom is 0.160 e. The number of benzene rings is 1. The first-order valence-electron chi connectivity index (χ1n) is 6.04. The molecule has 0 amide bonds. The van der Waals surface area contributed by atoms with Crippen molar-refractivity contribution >= 4 is 11.5 Å². The summed E-state index contributed by atoms with van der Waals surface area (Å²) in [4.78, 5) is 11.7. The summed E-state index contributed by atoms with van der Waals surface area (Å²) in [6, 6.07) is 7.02. The minimum Gasteiger partial charge on any atom is -0.506 e. The van der Waals surface area contributed by atoms with Gasteiger partial charge in [-0.3, -0.25) is 4.79 Å². The molecule has 2 N–H and O–H groups in total. The highest BCUT2D eigenvalue weighted by molar-refractivity contribution is 5.95. The van der Waals surface area contributed by atoms with Crippen molar-refractivity contribution in [1.82, 2.24) is 0 Å². The van der Waals surface area contributed by atoms with Gasteiger partial charge in [-0.05, 0) is 31.4 Å². The number of hydrogen-bond donors (Lipinski definition) is 2. The molecule has 1 aliphatic carbocycles. The monoisotopic (exact) mass is 231 g/mol. The molecule has 1 saturated carbocycles. The minimum atomic E-state index is 0.199. The number of carbonyl (C=O) groups is 1. The Labute approximate surface area is 101 Å². The highest BCUT2D eigenvalue weighted by Gasteiger charge is 2.13. The zero-order valence-electron chi connectivity index (χ0n) is 9.78. The van der Waals surface area contributed by atoms with Crippen molar-refractivity contribution in [3.63, 3.8) is 0 Å². The predicted molar refractivity (Wildman–Crippen MR) is 67.9 cm³/mol. The Hall–Kier alpha value is -1.77. The molecule has 17 heavy (non-hydrogen) atoms. The number of rotatable bonds is 2. The van der Waals surface area contributed by atoms with Crippen LogP contribution in [0.4, 0.5) is 5.69 Å². The first kappa shape index (κ1) is 11.7. The van der Waals surface area contributed by atoms with Crippen molar-refractivity contribution in [1.29, 1.82) is 0 Å². The van der Waals surface area contributed by atoms with E-state index in [0.717, 1.165) is 31.3 Å². The number of nitrogens with one attached hydrogen (secondary N) is 1. The number of ketones is 1. The molecule has 0 aliphatic heterocycles. The lowest BCUT2D eigenvalue weighted by Crippen LogP contribution is -2.02. The van der Waals surface area contributed by atoms with Crippen LogP contribution in [-0.4, -0.2) is 10.9 Å². The topological polar surface area (TPSA) is 49.3 Å². The van der Waals surface area contributed by atoms with E-state index in [0.29, 0.717) is 12.1 Å². The summed E-state index contributed by atoms with van der Waals surface area (Å²) in [7, 11) is 0. The number of carbonyl (C=O) groups excluding carboxylic acids is 1. The molecule has 1 aromatic rings. The Morgan fingerprint density at radius 1 is 1.12 bits per heavy atom. The fourth-order valence-corrected chi connectivity index (χ4v) is 1.99. The summed E-state index contributed by atoms with van der Waals surface area (Å²) >= 11 is 0. The van der Waals surface area contributed by atoms with Crippen LogP contribution < -0.4 is 5.32 Å². The molecule has 2 rings (SSSR count). The van der Waals surface area contributed by atoms with Crippen LogP contribution >= 0.6 is 0 Å². The van der Waals surface area contributed by atoms with E-state index in [2.05, 4.69) is 5.32 Å². The number of allylic oxidation sites excluding steroid dienone is 1. The lowest BCUT2D eigenvalue weighted by Gasteiger charge is -2.06. The molecule has 3 nitrogen and oxygen atoms in total. The van der Waals surface area contributed by atoms with E-state index < -0.39 is 0 Å². The summed E-state index contributed by atoms with van der Waals surface area (Å²) in [5.41, 5.74) is 1.47. The summed E-state index contributed by atoms with van der Waals surface area (Å²) < 4.78 is 0. The van der Waals surface area contributed by atoms with Gasteiger partial charge < -0.3 is 10.4 Å². The molecule has 0 spiro atoms. The van der Waals surface area contributed by atoms with E-state index >= 15 is 0 Å². The standard InChI is InChI=1S/C14H17NO2/c16-13-8-3-1-2-6-11(13)10-15-12-7-4-5-9-14(12)17/h4-5,7,9-10,15,17H,1-3,6,8H2. The molecule has 0 unspecified atom stereocenters. The maximum absolute atomic E-state index is 11.7. The van der Waals surface area contributed by atoms with Gasteiger partial charge in [-0.2, -0.15) is 0 Å². The molecule has 1 aromatic carbocycles. The van der Waals surface area contributed by atoms with Gasteiger partial charge in [-0.1, -0.05) is 18.6 Å².